The highest BCUT2D eigenvalue weighted by molar-refractivity contribution is 7.89. The standard InChI is InChI=1S/C20H31N5O2S/c1-2-15-28(26,27)25-13-10-20(11-14-25)19(22-16-7-4-3-5-8-16)23-18-17(24-20)9-6-12-21-18/h6,9,12,16,24H,2-5,7-8,10-11,13-15H2,1H3,(H,21,22,23). The summed E-state index contributed by atoms with van der Waals surface area (Å²) < 4.78 is 26.7. The maximum absolute atomic E-state index is 12.5. The minimum absolute atomic E-state index is 0.224. The van der Waals surface area contributed by atoms with E-state index in [1.807, 2.05) is 19.1 Å². The van der Waals surface area contributed by atoms with Gasteiger partial charge in [0.2, 0.25) is 10.0 Å². The molecular formula is C20H31N5O2S. The van der Waals surface area contributed by atoms with E-state index in [1.165, 1.54) is 32.1 Å². The topological polar surface area (TPSA) is 86.7 Å². The fourth-order valence-electron chi connectivity index (χ4n) is 4.62. The van der Waals surface area contributed by atoms with Gasteiger partial charge in [-0.3, -0.25) is 0 Å². The molecule has 1 aromatic heterocycles. The third-order valence-electron chi connectivity index (χ3n) is 6.21. The number of amidine groups is 1. The summed E-state index contributed by atoms with van der Waals surface area (Å²) in [5.74, 6) is 1.88. The average Bonchev–Trinajstić information content (AvgIpc) is 2.70. The molecule has 0 aromatic carbocycles. The number of nitrogens with zero attached hydrogens (tertiary/aromatic N) is 3. The van der Waals surface area contributed by atoms with Crippen LogP contribution in [-0.2, 0) is 10.0 Å². The molecule has 0 bridgehead atoms. The predicted molar refractivity (Wildman–Crippen MR) is 113 cm³/mol. The maximum atomic E-state index is 12.5. The Bertz CT molecular complexity index is 825. The van der Waals surface area contributed by atoms with Crippen molar-refractivity contribution in [2.75, 3.05) is 24.2 Å². The monoisotopic (exact) mass is 405 g/mol. The van der Waals surface area contributed by atoms with Gasteiger partial charge in [-0.25, -0.2) is 22.7 Å². The van der Waals surface area contributed by atoms with Crippen LogP contribution >= 0.6 is 0 Å². The second-order valence-corrected chi connectivity index (χ2v) is 10.3. The highest BCUT2D eigenvalue weighted by Gasteiger charge is 2.44. The van der Waals surface area contributed by atoms with E-state index >= 15 is 0 Å². The normalized spacial score (nSPS) is 23.0. The van der Waals surface area contributed by atoms with Crippen LogP contribution in [0, 0.1) is 0 Å². The summed E-state index contributed by atoms with van der Waals surface area (Å²) in [4.78, 5) is 9.33. The van der Waals surface area contributed by atoms with Crippen molar-refractivity contribution in [2.45, 2.75) is 69.9 Å². The van der Waals surface area contributed by atoms with E-state index in [1.54, 1.807) is 10.5 Å². The average molecular weight is 406 g/mol. The lowest BCUT2D eigenvalue weighted by Gasteiger charge is -2.46. The number of aliphatic imine (C=N–C) groups is 1. The van der Waals surface area contributed by atoms with Crippen LogP contribution in [0.25, 0.3) is 0 Å². The minimum atomic E-state index is -3.16. The number of hydrogen-bond acceptors (Lipinski definition) is 6. The lowest BCUT2D eigenvalue weighted by molar-refractivity contribution is 0.292. The lowest BCUT2D eigenvalue weighted by Crippen LogP contribution is -2.61. The Kier molecular flexibility index (Phi) is 5.60. The van der Waals surface area contributed by atoms with Gasteiger partial charge in [-0.1, -0.05) is 26.2 Å². The van der Waals surface area contributed by atoms with Crippen molar-refractivity contribution in [3.63, 3.8) is 0 Å². The third kappa shape index (κ3) is 3.89. The Balaban J connectivity index is 1.57. The fraction of sp³-hybridized carbons (Fsp3) is 0.700. The molecule has 1 aromatic rings. The van der Waals surface area contributed by atoms with E-state index in [-0.39, 0.29) is 11.3 Å². The first-order chi connectivity index (χ1) is 13.5. The molecule has 1 aliphatic carbocycles. The summed E-state index contributed by atoms with van der Waals surface area (Å²) in [6.07, 6.45) is 9.99. The number of piperidine rings is 1. The van der Waals surface area contributed by atoms with Crippen LogP contribution in [0.1, 0.15) is 58.3 Å². The van der Waals surface area contributed by atoms with E-state index in [2.05, 4.69) is 15.6 Å². The summed E-state index contributed by atoms with van der Waals surface area (Å²) in [6.45, 7) is 2.96. The van der Waals surface area contributed by atoms with Gasteiger partial charge in [-0.2, -0.15) is 0 Å². The van der Waals surface area contributed by atoms with Gasteiger partial charge in [0.25, 0.3) is 0 Å². The molecule has 28 heavy (non-hydrogen) atoms. The molecule has 3 aliphatic rings. The lowest BCUT2D eigenvalue weighted by atomic mass is 9.84. The van der Waals surface area contributed by atoms with Crippen molar-refractivity contribution >= 4 is 27.4 Å². The molecule has 2 N–H and O–H groups in total. The molecule has 2 aliphatic heterocycles. The van der Waals surface area contributed by atoms with Crippen LogP contribution in [-0.4, -0.2) is 54.0 Å². The maximum Gasteiger partial charge on any atom is 0.214 e. The smallest absolute Gasteiger partial charge is 0.214 e. The Hall–Kier alpha value is -1.67. The van der Waals surface area contributed by atoms with E-state index in [0.717, 1.165) is 11.5 Å². The molecule has 8 heteroatoms. The first-order valence-corrected chi connectivity index (χ1v) is 12.2. The molecule has 1 saturated carbocycles. The second-order valence-electron chi connectivity index (χ2n) is 8.24. The van der Waals surface area contributed by atoms with Gasteiger partial charge in [0.15, 0.2) is 5.82 Å². The molecule has 0 radical (unpaired) electrons. The number of hydrogen-bond donors (Lipinski definition) is 2. The van der Waals surface area contributed by atoms with Crippen LogP contribution < -0.4 is 10.6 Å². The van der Waals surface area contributed by atoms with Crippen LogP contribution in [0.15, 0.2) is 23.3 Å². The van der Waals surface area contributed by atoms with E-state index in [0.29, 0.717) is 44.2 Å². The number of fused-ring (bicyclic) bond motifs is 1. The molecule has 3 heterocycles. The molecular weight excluding hydrogens is 374 g/mol. The first kappa shape index (κ1) is 19.6. The Morgan fingerprint density at radius 3 is 2.71 bits per heavy atom. The Morgan fingerprint density at radius 1 is 1.25 bits per heavy atom. The molecule has 0 amide bonds. The number of nitrogens with one attached hydrogen (secondary N) is 2. The molecule has 7 nitrogen and oxygen atoms in total. The second kappa shape index (κ2) is 7.99. The van der Waals surface area contributed by atoms with Crippen molar-refractivity contribution < 1.29 is 8.42 Å². The summed E-state index contributed by atoms with van der Waals surface area (Å²) >= 11 is 0. The van der Waals surface area contributed by atoms with Gasteiger partial charge in [-0.05, 0) is 44.2 Å². The number of aromatic nitrogens is 1. The Morgan fingerprint density at radius 2 is 2.00 bits per heavy atom. The quantitative estimate of drug-likeness (QED) is 0.804. The summed E-state index contributed by atoms with van der Waals surface area (Å²) in [5, 5.41) is 7.40. The molecule has 2 fully saturated rings. The number of sulfonamides is 1. The van der Waals surface area contributed by atoms with E-state index in [9.17, 15) is 8.42 Å². The number of anilines is 1. The molecule has 0 unspecified atom stereocenters. The molecule has 4 rings (SSSR count). The summed E-state index contributed by atoms with van der Waals surface area (Å²) in [5.41, 5.74) is 0.590. The summed E-state index contributed by atoms with van der Waals surface area (Å²) in [6, 6.07) is 4.36. The zero-order valence-corrected chi connectivity index (χ0v) is 17.5. The first-order valence-electron chi connectivity index (χ1n) is 10.6. The molecule has 1 spiro atoms. The largest absolute Gasteiger partial charge is 0.370 e. The SMILES string of the molecule is CCCS(=O)(=O)N1CCC2(CC1)Nc1cccnc1N=C2NC1CCCCC1. The van der Waals surface area contributed by atoms with Gasteiger partial charge in [-0.15, -0.1) is 0 Å². The van der Waals surface area contributed by atoms with Gasteiger partial charge < -0.3 is 10.6 Å². The van der Waals surface area contributed by atoms with Crippen molar-refractivity contribution in [2.24, 2.45) is 4.99 Å². The van der Waals surface area contributed by atoms with Crippen LogP contribution in [0.4, 0.5) is 11.5 Å². The zero-order chi connectivity index (χ0) is 19.6. The van der Waals surface area contributed by atoms with Crippen molar-refractivity contribution in [3.8, 4) is 0 Å². The van der Waals surface area contributed by atoms with Crippen LogP contribution in [0.2, 0.25) is 0 Å². The van der Waals surface area contributed by atoms with Gasteiger partial charge in [0.1, 0.15) is 5.84 Å². The van der Waals surface area contributed by atoms with E-state index < -0.39 is 10.0 Å². The minimum Gasteiger partial charge on any atom is -0.370 e. The van der Waals surface area contributed by atoms with Crippen molar-refractivity contribution in [3.05, 3.63) is 18.3 Å². The van der Waals surface area contributed by atoms with Gasteiger partial charge in [0, 0.05) is 25.3 Å². The van der Waals surface area contributed by atoms with Crippen LogP contribution in [0.5, 0.6) is 0 Å². The third-order valence-corrected chi connectivity index (χ3v) is 8.29. The number of pyridine rings is 1. The van der Waals surface area contributed by atoms with Crippen LogP contribution in [0.3, 0.4) is 0 Å². The summed E-state index contributed by atoms with van der Waals surface area (Å²) in [7, 11) is -3.16. The number of rotatable bonds is 4. The highest BCUT2D eigenvalue weighted by atomic mass is 32.2. The fourth-order valence-corrected chi connectivity index (χ4v) is 6.13. The van der Waals surface area contributed by atoms with Gasteiger partial charge >= 0.3 is 0 Å². The van der Waals surface area contributed by atoms with Crippen molar-refractivity contribution in [1.82, 2.24) is 14.6 Å². The Labute approximate surface area is 168 Å². The zero-order valence-electron chi connectivity index (χ0n) is 16.7. The molecule has 1 saturated heterocycles. The molecule has 0 atom stereocenters. The molecule has 154 valence electrons. The highest BCUT2D eigenvalue weighted by Crippen LogP contribution is 2.37. The van der Waals surface area contributed by atoms with Crippen molar-refractivity contribution in [1.29, 1.82) is 0 Å². The van der Waals surface area contributed by atoms with Gasteiger partial charge in [0.05, 0.1) is 17.0 Å². The predicted octanol–water partition coefficient (Wildman–Crippen LogP) is 3.03. The van der Waals surface area contributed by atoms with E-state index in [4.69, 9.17) is 4.99 Å².